The van der Waals surface area contributed by atoms with Crippen LogP contribution in [0.15, 0.2) is 0 Å². The third kappa shape index (κ3) is 5.04. The van der Waals surface area contributed by atoms with Gasteiger partial charge in [0.05, 0.1) is 5.60 Å². The Morgan fingerprint density at radius 1 is 1.33 bits per heavy atom. The van der Waals surface area contributed by atoms with Gasteiger partial charge in [-0.1, -0.05) is 12.8 Å². The smallest absolute Gasteiger partial charge is 0.326 e. The van der Waals surface area contributed by atoms with Gasteiger partial charge in [0, 0.05) is 0 Å². The molecular weight excluding hydrogens is 234 g/mol. The number of carboxylic acids is 1. The summed E-state index contributed by atoms with van der Waals surface area (Å²) in [5.74, 6) is -1.25. The van der Waals surface area contributed by atoms with Crippen molar-refractivity contribution in [2.75, 3.05) is 6.61 Å². The Kier molecular flexibility index (Phi) is 5.14. The summed E-state index contributed by atoms with van der Waals surface area (Å²) in [6.07, 6.45) is 3.83. The van der Waals surface area contributed by atoms with Gasteiger partial charge >= 0.3 is 5.97 Å². The minimum atomic E-state index is -0.953. The van der Waals surface area contributed by atoms with E-state index in [1.807, 2.05) is 20.8 Å². The van der Waals surface area contributed by atoms with E-state index >= 15 is 0 Å². The van der Waals surface area contributed by atoms with Crippen LogP contribution < -0.4 is 5.32 Å². The minimum Gasteiger partial charge on any atom is -0.480 e. The number of carbonyl (C=O) groups is 2. The summed E-state index contributed by atoms with van der Waals surface area (Å²) in [5, 5.41) is 11.7. The Hall–Kier alpha value is -1.10. The molecule has 1 saturated carbocycles. The first kappa shape index (κ1) is 15.0. The van der Waals surface area contributed by atoms with Crippen molar-refractivity contribution in [2.45, 2.75) is 58.1 Å². The molecule has 0 aliphatic heterocycles. The van der Waals surface area contributed by atoms with Crippen LogP contribution in [0.25, 0.3) is 0 Å². The van der Waals surface area contributed by atoms with Crippen LogP contribution in [0.4, 0.5) is 0 Å². The van der Waals surface area contributed by atoms with Crippen LogP contribution in [0.1, 0.15) is 46.5 Å². The van der Waals surface area contributed by atoms with Crippen LogP contribution in [-0.4, -0.2) is 35.2 Å². The van der Waals surface area contributed by atoms with Crippen LogP contribution in [0.3, 0.4) is 0 Å². The number of carbonyl (C=O) groups excluding carboxylic acids is 1. The molecule has 1 aliphatic carbocycles. The lowest BCUT2D eigenvalue weighted by Gasteiger charge is -2.23. The maximum atomic E-state index is 11.7. The molecule has 1 rings (SSSR count). The van der Waals surface area contributed by atoms with Gasteiger partial charge in [0.2, 0.25) is 5.91 Å². The van der Waals surface area contributed by atoms with Gasteiger partial charge in [-0.3, -0.25) is 4.79 Å². The number of rotatable bonds is 5. The van der Waals surface area contributed by atoms with Crippen LogP contribution in [0.5, 0.6) is 0 Å². The van der Waals surface area contributed by atoms with Crippen molar-refractivity contribution in [1.82, 2.24) is 5.32 Å². The Morgan fingerprint density at radius 3 is 2.33 bits per heavy atom. The van der Waals surface area contributed by atoms with Gasteiger partial charge in [0.1, 0.15) is 12.6 Å². The van der Waals surface area contributed by atoms with Gasteiger partial charge in [-0.15, -0.1) is 0 Å². The molecule has 0 saturated heterocycles. The number of carboxylic acid groups (broad SMARTS) is 1. The van der Waals surface area contributed by atoms with Crippen LogP contribution in [-0.2, 0) is 14.3 Å². The van der Waals surface area contributed by atoms with Crippen LogP contribution in [0, 0.1) is 5.92 Å². The highest BCUT2D eigenvalue weighted by Crippen LogP contribution is 2.27. The Balaban J connectivity index is 2.45. The molecule has 0 spiro atoms. The second-order valence-corrected chi connectivity index (χ2v) is 5.83. The van der Waals surface area contributed by atoms with Crippen molar-refractivity contribution in [3.63, 3.8) is 0 Å². The molecule has 5 nitrogen and oxygen atoms in total. The minimum absolute atomic E-state index is 0.0566. The van der Waals surface area contributed by atoms with Gasteiger partial charge in [-0.2, -0.15) is 0 Å². The van der Waals surface area contributed by atoms with E-state index in [4.69, 9.17) is 9.84 Å². The van der Waals surface area contributed by atoms with E-state index < -0.39 is 17.6 Å². The molecular formula is C13H23NO4. The van der Waals surface area contributed by atoms with Crippen molar-refractivity contribution in [3.8, 4) is 0 Å². The number of nitrogens with one attached hydrogen (secondary N) is 1. The van der Waals surface area contributed by atoms with E-state index in [0.29, 0.717) is 0 Å². The zero-order chi connectivity index (χ0) is 13.8. The molecule has 1 atom stereocenters. The highest BCUT2D eigenvalue weighted by molar-refractivity contribution is 5.84. The zero-order valence-electron chi connectivity index (χ0n) is 11.4. The molecule has 0 bridgehead atoms. The lowest BCUT2D eigenvalue weighted by molar-refractivity contribution is -0.145. The van der Waals surface area contributed by atoms with Crippen LogP contribution in [0.2, 0.25) is 0 Å². The summed E-state index contributed by atoms with van der Waals surface area (Å²) in [6, 6.07) is -0.774. The Labute approximate surface area is 108 Å². The molecule has 1 unspecified atom stereocenters. The molecule has 0 radical (unpaired) electrons. The fourth-order valence-corrected chi connectivity index (χ4v) is 2.17. The average Bonchev–Trinajstić information content (AvgIpc) is 2.74. The molecule has 1 amide bonds. The molecule has 104 valence electrons. The van der Waals surface area contributed by atoms with Crippen molar-refractivity contribution < 1.29 is 19.4 Å². The van der Waals surface area contributed by atoms with Gasteiger partial charge < -0.3 is 15.2 Å². The predicted molar refractivity (Wildman–Crippen MR) is 67.2 cm³/mol. The molecule has 0 aromatic rings. The van der Waals surface area contributed by atoms with Crippen molar-refractivity contribution >= 4 is 11.9 Å². The van der Waals surface area contributed by atoms with E-state index in [-0.39, 0.29) is 18.4 Å². The summed E-state index contributed by atoms with van der Waals surface area (Å²) in [6.45, 7) is 5.46. The number of hydrogen-bond donors (Lipinski definition) is 2. The third-order valence-corrected chi connectivity index (χ3v) is 3.09. The number of hydrogen-bond acceptors (Lipinski definition) is 3. The monoisotopic (exact) mass is 257 g/mol. The molecule has 2 N–H and O–H groups in total. The van der Waals surface area contributed by atoms with E-state index in [1.54, 1.807) is 0 Å². The van der Waals surface area contributed by atoms with E-state index in [1.165, 1.54) is 0 Å². The first-order chi connectivity index (χ1) is 8.29. The normalized spacial score (nSPS) is 18.6. The number of aliphatic carboxylic acids is 1. The Bertz CT molecular complexity index is 303. The van der Waals surface area contributed by atoms with E-state index in [2.05, 4.69) is 5.32 Å². The molecule has 0 heterocycles. The summed E-state index contributed by atoms with van der Waals surface area (Å²) in [7, 11) is 0. The fraction of sp³-hybridized carbons (Fsp3) is 0.846. The van der Waals surface area contributed by atoms with Crippen molar-refractivity contribution in [2.24, 2.45) is 5.92 Å². The molecule has 1 aliphatic rings. The standard InChI is InChI=1S/C13H23NO4/c1-13(2,3)18-8-10(15)14-11(12(16)17)9-6-4-5-7-9/h9,11H,4-8H2,1-3H3,(H,14,15)(H,16,17). The molecule has 5 heteroatoms. The summed E-state index contributed by atoms with van der Waals surface area (Å²) >= 11 is 0. The van der Waals surface area contributed by atoms with Gasteiger partial charge in [-0.25, -0.2) is 4.79 Å². The second-order valence-electron chi connectivity index (χ2n) is 5.83. The lowest BCUT2D eigenvalue weighted by atomic mass is 9.98. The van der Waals surface area contributed by atoms with Gasteiger partial charge in [0.25, 0.3) is 0 Å². The zero-order valence-corrected chi connectivity index (χ0v) is 11.4. The molecule has 0 aromatic heterocycles. The average molecular weight is 257 g/mol. The van der Waals surface area contributed by atoms with Crippen LogP contribution >= 0.6 is 0 Å². The van der Waals surface area contributed by atoms with Crippen molar-refractivity contribution in [1.29, 1.82) is 0 Å². The maximum absolute atomic E-state index is 11.7. The highest BCUT2D eigenvalue weighted by atomic mass is 16.5. The molecule has 1 fully saturated rings. The topological polar surface area (TPSA) is 75.6 Å². The summed E-state index contributed by atoms with van der Waals surface area (Å²) in [5.41, 5.74) is -0.399. The molecule has 18 heavy (non-hydrogen) atoms. The number of amides is 1. The highest BCUT2D eigenvalue weighted by Gasteiger charge is 2.31. The van der Waals surface area contributed by atoms with E-state index in [0.717, 1.165) is 25.7 Å². The third-order valence-electron chi connectivity index (χ3n) is 3.09. The lowest BCUT2D eigenvalue weighted by Crippen LogP contribution is -2.47. The first-order valence-corrected chi connectivity index (χ1v) is 6.46. The maximum Gasteiger partial charge on any atom is 0.326 e. The largest absolute Gasteiger partial charge is 0.480 e. The van der Waals surface area contributed by atoms with Gasteiger partial charge in [-0.05, 0) is 39.5 Å². The summed E-state index contributed by atoms with van der Waals surface area (Å²) < 4.78 is 5.33. The number of ether oxygens (including phenoxy) is 1. The molecule has 0 aromatic carbocycles. The quantitative estimate of drug-likeness (QED) is 0.783. The van der Waals surface area contributed by atoms with Gasteiger partial charge in [0.15, 0.2) is 0 Å². The summed E-state index contributed by atoms with van der Waals surface area (Å²) in [4.78, 5) is 22.8. The fourth-order valence-electron chi connectivity index (χ4n) is 2.17. The second kappa shape index (κ2) is 6.18. The Morgan fingerprint density at radius 2 is 1.89 bits per heavy atom. The predicted octanol–water partition coefficient (Wildman–Crippen LogP) is 1.56. The SMILES string of the molecule is CC(C)(C)OCC(=O)NC(C(=O)O)C1CCCC1. The van der Waals surface area contributed by atoms with Crippen molar-refractivity contribution in [3.05, 3.63) is 0 Å². The van der Waals surface area contributed by atoms with E-state index in [9.17, 15) is 9.59 Å². The first-order valence-electron chi connectivity index (χ1n) is 6.46.